The van der Waals surface area contributed by atoms with Crippen molar-refractivity contribution in [2.45, 2.75) is 406 Å². The van der Waals surface area contributed by atoms with Crippen LogP contribution in [0.3, 0.4) is 0 Å². The lowest BCUT2D eigenvalue weighted by molar-refractivity contribution is -0.115. The fourth-order valence-electron chi connectivity index (χ4n) is 16.9. The quantitative estimate of drug-likeness (QED) is 0.0309. The standard InChI is InChI=1S/3C29H72O8Si6/c1-27(2,25-42(17,34-38(5,6)7)35-39(8,9)10)21-32-23-29(19-30,20-31)24-33-22-28(3,4)26-43(18,36-40(11,12)13)37-41(14,15)16;1-25(19-42(17,34-38(5,6)7)35-39(8,9)10)27(3)32-23-29(21-30,22-31)24-33-28(4)26(2)20-43(18,36-40(11,12)13)37-41(14,15)16;1-25(27(3)42(17,34-38(5,6)7)35-39(8,9)10)19-32-23-29(21-30,22-31)24-33-20-26(2)28(4)43(18,36-40(11,12)13)37-41(14,15)16/h30-31H,19-26H2,1-18H3;2*25-28,30-31H,19-24H2,1-18H3. The number of ether oxygens (including phenoxy) is 6. The van der Waals surface area contributed by atoms with Crippen LogP contribution < -0.4 is 0 Å². The second-order valence-corrected chi connectivity index (χ2v) is 130. The molecule has 42 heteroatoms. The molecule has 129 heavy (non-hydrogen) atoms. The minimum atomic E-state index is -2.48. The maximum atomic E-state index is 10.4. The van der Waals surface area contributed by atoms with Crippen LogP contribution in [0.4, 0.5) is 0 Å². The molecule has 0 aliphatic heterocycles. The maximum Gasteiger partial charge on any atom is 0.317 e. The van der Waals surface area contributed by atoms with Gasteiger partial charge in [0.25, 0.3) is 0 Å². The highest BCUT2D eigenvalue weighted by atomic mass is 28.5. The molecule has 0 aromatic heterocycles. The molecule has 8 unspecified atom stereocenters. The van der Waals surface area contributed by atoms with Gasteiger partial charge in [0.1, 0.15) is 0 Å². The van der Waals surface area contributed by atoms with Crippen LogP contribution in [0.15, 0.2) is 0 Å². The van der Waals surface area contributed by atoms with E-state index in [1.165, 1.54) is 0 Å². The highest BCUT2D eigenvalue weighted by Crippen LogP contribution is 2.43. The van der Waals surface area contributed by atoms with E-state index in [1.54, 1.807) is 0 Å². The minimum absolute atomic E-state index is 0.0970. The summed E-state index contributed by atoms with van der Waals surface area (Å²) in [7, 11) is -36.4. The summed E-state index contributed by atoms with van der Waals surface area (Å²) in [6.07, 6.45) is -0.194. The molecule has 0 fully saturated rings. The molecule has 780 valence electrons. The third kappa shape index (κ3) is 63.7. The molecule has 0 radical (unpaired) electrons. The lowest BCUT2D eigenvalue weighted by Gasteiger charge is -2.44. The van der Waals surface area contributed by atoms with Gasteiger partial charge in [-0.2, -0.15) is 0 Å². The van der Waals surface area contributed by atoms with Crippen LogP contribution in [0.5, 0.6) is 0 Å². The van der Waals surface area contributed by atoms with Crippen LogP contribution in [-0.2, 0) is 77.8 Å². The molecule has 0 saturated heterocycles. The molecular formula is C87H216O24Si18. The molecule has 0 aliphatic rings. The fraction of sp³-hybridized carbons (Fsp3) is 1.00. The zero-order valence-electron chi connectivity index (χ0n) is 94.3. The minimum Gasteiger partial charge on any atom is -0.437 e. The molecule has 0 amide bonds. The van der Waals surface area contributed by atoms with Crippen molar-refractivity contribution in [3.05, 3.63) is 0 Å². The first-order valence-electron chi connectivity index (χ1n) is 48.4. The Morgan fingerprint density at radius 3 is 0.558 bits per heavy atom. The topological polar surface area (TPSA) is 288 Å². The Morgan fingerprint density at radius 2 is 0.380 bits per heavy atom. The molecule has 24 nitrogen and oxygen atoms in total. The average Bonchev–Trinajstić information content (AvgIpc) is 0.829. The summed E-state index contributed by atoms with van der Waals surface area (Å²) >= 11 is 0. The summed E-state index contributed by atoms with van der Waals surface area (Å²) in [6, 6.07) is 3.29. The zero-order valence-corrected chi connectivity index (χ0v) is 112. The van der Waals surface area contributed by atoms with Crippen LogP contribution in [-0.4, -0.2) is 300 Å². The third-order valence-corrected chi connectivity index (χ3v) is 81.0. The summed E-state index contributed by atoms with van der Waals surface area (Å²) in [4.78, 5) is 0. The van der Waals surface area contributed by atoms with E-state index in [4.69, 9.17) is 77.8 Å². The Balaban J connectivity index is -0.00000185. The van der Waals surface area contributed by atoms with Gasteiger partial charge in [-0.1, -0.05) is 69.2 Å². The van der Waals surface area contributed by atoms with Crippen LogP contribution >= 0.6 is 0 Å². The van der Waals surface area contributed by atoms with Crippen LogP contribution in [0.25, 0.3) is 0 Å². The molecule has 8 atom stereocenters. The first kappa shape index (κ1) is 136. The van der Waals surface area contributed by atoms with E-state index in [2.05, 4.69) is 358 Å². The second-order valence-electron chi connectivity index (χ2n) is 53.2. The highest BCUT2D eigenvalue weighted by Gasteiger charge is 2.53. The molecule has 0 aliphatic carbocycles. The van der Waals surface area contributed by atoms with Gasteiger partial charge >= 0.3 is 51.4 Å². The Morgan fingerprint density at radius 1 is 0.209 bits per heavy atom. The first-order valence-corrected chi connectivity index (χ1v) is 104. The average molecular weight is 2150 g/mol. The van der Waals surface area contributed by atoms with Crippen molar-refractivity contribution in [1.82, 2.24) is 0 Å². The molecule has 0 bridgehead atoms. The highest BCUT2D eigenvalue weighted by molar-refractivity contribution is 6.92. The molecule has 0 heterocycles. The number of hydrogen-bond acceptors (Lipinski definition) is 24. The summed E-state index contributed by atoms with van der Waals surface area (Å²) in [5.74, 6) is 0.780. The van der Waals surface area contributed by atoms with Crippen molar-refractivity contribution in [2.24, 2.45) is 50.7 Å². The van der Waals surface area contributed by atoms with Crippen molar-refractivity contribution in [3.63, 3.8) is 0 Å². The zero-order chi connectivity index (χ0) is 103. The van der Waals surface area contributed by atoms with Gasteiger partial charge in [0, 0.05) is 24.3 Å². The summed E-state index contributed by atoms with van der Waals surface area (Å²) < 4.78 is 118. The fourth-order valence-corrected chi connectivity index (χ4v) is 95.4. The largest absolute Gasteiger partial charge is 0.437 e. The van der Waals surface area contributed by atoms with Gasteiger partial charge in [0.15, 0.2) is 99.8 Å². The van der Waals surface area contributed by atoms with E-state index in [9.17, 15) is 30.6 Å². The first-order chi connectivity index (χ1) is 56.8. The van der Waals surface area contributed by atoms with Gasteiger partial charge in [0.2, 0.25) is 0 Å². The number of aliphatic hydroxyl groups excluding tert-OH is 6. The van der Waals surface area contributed by atoms with E-state index in [-0.39, 0.29) is 137 Å². The normalized spacial score (nSPS) is 16.8. The third-order valence-electron chi connectivity index (χ3n) is 20.9. The summed E-state index contributed by atoms with van der Waals surface area (Å²) in [5.41, 5.74) is -2.60. The number of rotatable bonds is 66. The Hall–Kier alpha value is 2.94. The lowest BCUT2D eigenvalue weighted by Crippen LogP contribution is -2.56. The van der Waals surface area contributed by atoms with Gasteiger partial charge in [-0.25, -0.2) is 0 Å². The van der Waals surface area contributed by atoms with Gasteiger partial charge < -0.3 is 108 Å². The van der Waals surface area contributed by atoms with E-state index >= 15 is 0 Å². The molecule has 0 rings (SSSR count). The second kappa shape index (κ2) is 53.7. The smallest absolute Gasteiger partial charge is 0.317 e. The molecule has 0 aromatic carbocycles. The predicted molar refractivity (Wildman–Crippen MR) is 589 cm³/mol. The van der Waals surface area contributed by atoms with Gasteiger partial charge in [-0.05, 0) is 347 Å². The molecule has 0 saturated carbocycles. The SMILES string of the molecule is CC(C)(COCC(CO)(CO)COCC(C)(C)C[Si](C)(O[Si](C)(C)C)O[Si](C)(C)C)C[Si](C)(O[Si](C)(C)C)O[Si](C)(C)C.CC(COCC(CO)(CO)COCC(C)C(C)[Si](C)(O[Si](C)(C)C)O[Si](C)(C)C)C(C)[Si](C)(O[Si](C)(C)C)O[Si](C)(C)C.CC(C[Si](C)(O[Si](C)(C)C)O[Si](C)(C)C)C(C)OCC(CO)(CO)COC(C)C(C)C[Si](C)(O[Si](C)(C)C)O[Si](C)(C)C. The Labute approximate surface area is 815 Å². The predicted octanol–water partition coefficient (Wildman–Crippen LogP) is 22.8. The van der Waals surface area contributed by atoms with Crippen LogP contribution in [0, 0.1) is 50.7 Å². The van der Waals surface area contributed by atoms with E-state index in [0.717, 1.165) is 24.2 Å². The van der Waals surface area contributed by atoms with E-state index < -0.39 is 167 Å². The van der Waals surface area contributed by atoms with Gasteiger partial charge in [0.05, 0.1) is 121 Å². The number of aliphatic hydroxyl groups is 6. The van der Waals surface area contributed by atoms with Gasteiger partial charge in [-0.15, -0.1) is 0 Å². The number of hydrogen-bond donors (Lipinski definition) is 6. The molecule has 0 aromatic rings. The van der Waals surface area contributed by atoms with Crippen LogP contribution in [0.2, 0.25) is 310 Å². The van der Waals surface area contributed by atoms with E-state index in [0.29, 0.717) is 26.4 Å². The monoisotopic (exact) mass is 2150 g/mol. The van der Waals surface area contributed by atoms with Crippen molar-refractivity contribution in [3.8, 4) is 0 Å². The molecule has 6 N–H and O–H groups in total. The van der Waals surface area contributed by atoms with Crippen molar-refractivity contribution < 1.29 is 108 Å². The molecule has 0 spiro atoms. The van der Waals surface area contributed by atoms with Crippen molar-refractivity contribution in [2.75, 3.05) is 106 Å². The van der Waals surface area contributed by atoms with E-state index in [1.807, 2.05) is 0 Å². The van der Waals surface area contributed by atoms with Crippen molar-refractivity contribution >= 4 is 151 Å². The summed E-state index contributed by atoms with van der Waals surface area (Å²) in [6.45, 7) is 121. The maximum absolute atomic E-state index is 10.4. The summed E-state index contributed by atoms with van der Waals surface area (Å²) in [5, 5.41) is 62.1. The Kier molecular flexibility index (Phi) is 56.6. The van der Waals surface area contributed by atoms with Crippen LogP contribution in [0.1, 0.15) is 83.1 Å². The lowest BCUT2D eigenvalue weighted by atomic mass is 9.91. The molecular weight excluding hydrogens is 1930 g/mol. The van der Waals surface area contributed by atoms with Gasteiger partial charge in [-0.3, -0.25) is 0 Å². The van der Waals surface area contributed by atoms with Crippen molar-refractivity contribution in [1.29, 1.82) is 0 Å². The Bertz CT molecular complexity index is 2780.